The second-order valence-corrected chi connectivity index (χ2v) is 6.97. The fourth-order valence-electron chi connectivity index (χ4n) is 2.99. The summed E-state index contributed by atoms with van der Waals surface area (Å²) in [6.45, 7) is 7.50. The van der Waals surface area contributed by atoms with Crippen molar-refractivity contribution in [2.45, 2.75) is 40.2 Å². The fraction of sp³-hybridized carbons (Fsp3) is 0.304. The monoisotopic (exact) mass is 376 g/mol. The molecule has 3 rings (SSSR count). The molecule has 5 heteroatoms. The van der Waals surface area contributed by atoms with Crippen LogP contribution in [0.1, 0.15) is 34.6 Å². The van der Waals surface area contributed by atoms with Crippen molar-refractivity contribution in [3.05, 3.63) is 82.7 Å². The maximum Gasteiger partial charge on any atom is 0.196 e. The molecule has 0 aliphatic heterocycles. The van der Waals surface area contributed by atoms with Gasteiger partial charge in [-0.1, -0.05) is 53.2 Å². The highest BCUT2D eigenvalue weighted by Crippen LogP contribution is 2.14. The molecule has 0 bridgehead atoms. The van der Waals surface area contributed by atoms with E-state index in [0.29, 0.717) is 6.54 Å². The number of aliphatic imine (C=N–C) groups is 1. The molecule has 0 unspecified atom stereocenters. The highest BCUT2D eigenvalue weighted by molar-refractivity contribution is 5.93. The summed E-state index contributed by atoms with van der Waals surface area (Å²) in [5.41, 5.74) is 5.65. The molecule has 0 aliphatic rings. The van der Waals surface area contributed by atoms with Crippen LogP contribution in [0.25, 0.3) is 0 Å². The fourth-order valence-corrected chi connectivity index (χ4v) is 2.99. The molecule has 5 nitrogen and oxygen atoms in total. The van der Waals surface area contributed by atoms with E-state index in [2.05, 4.69) is 47.0 Å². The average molecular weight is 377 g/mol. The molecule has 146 valence electrons. The Hall–Kier alpha value is -3.08. The number of aromatic nitrogens is 1. The number of aryl methyl sites for hydroxylation is 3. The van der Waals surface area contributed by atoms with Gasteiger partial charge in [-0.25, -0.2) is 4.99 Å². The summed E-state index contributed by atoms with van der Waals surface area (Å²) in [6, 6.07) is 18.6. The van der Waals surface area contributed by atoms with Gasteiger partial charge in [0.2, 0.25) is 0 Å². The summed E-state index contributed by atoms with van der Waals surface area (Å²) in [5.74, 6) is 1.69. The Labute approximate surface area is 166 Å². The standard InChI is InChI=1S/C23H28N4O/c1-17-11-13-20(14-12-17)16-25-23(26-21-8-5-4-6-9-21)24-15-7-10-22-18(2)27-28-19(22)3/h4-6,8-9,11-14H,7,10,15-16H2,1-3H3,(H2,24,25,26). The van der Waals surface area contributed by atoms with Crippen LogP contribution in [0.15, 0.2) is 64.1 Å². The van der Waals surface area contributed by atoms with Gasteiger partial charge in [-0.3, -0.25) is 0 Å². The van der Waals surface area contributed by atoms with Gasteiger partial charge in [-0.15, -0.1) is 0 Å². The first-order valence-electron chi connectivity index (χ1n) is 9.69. The smallest absolute Gasteiger partial charge is 0.196 e. The van der Waals surface area contributed by atoms with Gasteiger partial charge in [0.1, 0.15) is 5.76 Å². The van der Waals surface area contributed by atoms with Crippen molar-refractivity contribution in [2.24, 2.45) is 4.99 Å². The zero-order valence-corrected chi connectivity index (χ0v) is 16.8. The first-order chi connectivity index (χ1) is 13.6. The van der Waals surface area contributed by atoms with Crippen molar-refractivity contribution in [3.63, 3.8) is 0 Å². The van der Waals surface area contributed by atoms with Crippen LogP contribution < -0.4 is 10.6 Å². The van der Waals surface area contributed by atoms with Crippen molar-refractivity contribution in [2.75, 3.05) is 11.9 Å². The van der Waals surface area contributed by atoms with Crippen LogP contribution in [0.4, 0.5) is 5.69 Å². The van der Waals surface area contributed by atoms with E-state index < -0.39 is 0 Å². The van der Waals surface area contributed by atoms with Crippen LogP contribution >= 0.6 is 0 Å². The number of hydrogen-bond donors (Lipinski definition) is 2. The van der Waals surface area contributed by atoms with Crippen LogP contribution in [0.2, 0.25) is 0 Å². The van der Waals surface area contributed by atoms with Crippen molar-refractivity contribution < 1.29 is 4.52 Å². The predicted octanol–water partition coefficient (Wildman–Crippen LogP) is 4.79. The average Bonchev–Trinajstić information content (AvgIpc) is 3.03. The Morgan fingerprint density at radius 2 is 1.75 bits per heavy atom. The maximum absolute atomic E-state index is 5.24. The summed E-state index contributed by atoms with van der Waals surface area (Å²) in [6.07, 6.45) is 1.91. The zero-order valence-electron chi connectivity index (χ0n) is 16.8. The molecule has 0 aliphatic carbocycles. The minimum Gasteiger partial charge on any atom is -0.361 e. The summed E-state index contributed by atoms with van der Waals surface area (Å²) in [4.78, 5) is 4.75. The van der Waals surface area contributed by atoms with Gasteiger partial charge in [-0.2, -0.15) is 0 Å². The van der Waals surface area contributed by atoms with Gasteiger partial charge in [0.25, 0.3) is 0 Å². The van der Waals surface area contributed by atoms with E-state index in [1.165, 1.54) is 16.7 Å². The van der Waals surface area contributed by atoms with E-state index in [-0.39, 0.29) is 0 Å². The van der Waals surface area contributed by atoms with E-state index in [1.54, 1.807) is 0 Å². The number of rotatable bonds is 7. The van der Waals surface area contributed by atoms with Gasteiger partial charge in [0.15, 0.2) is 5.96 Å². The molecule has 28 heavy (non-hydrogen) atoms. The summed E-state index contributed by atoms with van der Waals surface area (Å²) in [5, 5.41) is 10.8. The minimum absolute atomic E-state index is 0.631. The Morgan fingerprint density at radius 1 is 1.00 bits per heavy atom. The Kier molecular flexibility index (Phi) is 6.84. The third-order valence-corrected chi connectivity index (χ3v) is 4.65. The molecule has 1 heterocycles. The highest BCUT2D eigenvalue weighted by Gasteiger charge is 2.08. The number of guanidine groups is 1. The maximum atomic E-state index is 5.24. The van der Waals surface area contributed by atoms with Crippen LogP contribution in [0.5, 0.6) is 0 Å². The lowest BCUT2D eigenvalue weighted by Gasteiger charge is -2.13. The number of para-hydroxylation sites is 1. The van der Waals surface area contributed by atoms with Crippen molar-refractivity contribution in [1.82, 2.24) is 10.5 Å². The normalized spacial score (nSPS) is 11.5. The molecular weight excluding hydrogens is 348 g/mol. The molecule has 3 aromatic rings. The van der Waals surface area contributed by atoms with Gasteiger partial charge in [0, 0.05) is 17.8 Å². The summed E-state index contributed by atoms with van der Waals surface area (Å²) in [7, 11) is 0. The number of hydrogen-bond acceptors (Lipinski definition) is 3. The van der Waals surface area contributed by atoms with Crippen molar-refractivity contribution in [3.8, 4) is 0 Å². The molecule has 1 aromatic heterocycles. The number of nitrogens with one attached hydrogen (secondary N) is 2. The lowest BCUT2D eigenvalue weighted by Crippen LogP contribution is -2.32. The number of benzene rings is 2. The summed E-state index contributed by atoms with van der Waals surface area (Å²) < 4.78 is 5.24. The zero-order chi connectivity index (χ0) is 19.8. The minimum atomic E-state index is 0.631. The molecule has 0 fully saturated rings. The van der Waals surface area contributed by atoms with Gasteiger partial charge >= 0.3 is 0 Å². The number of anilines is 1. The largest absolute Gasteiger partial charge is 0.361 e. The second-order valence-electron chi connectivity index (χ2n) is 6.97. The summed E-state index contributed by atoms with van der Waals surface area (Å²) >= 11 is 0. The van der Waals surface area contributed by atoms with Gasteiger partial charge in [0.05, 0.1) is 12.2 Å². The SMILES string of the molecule is Cc1ccc(CN=C(NCCCc2c(C)noc2C)Nc2ccccc2)cc1. The third kappa shape index (κ3) is 5.71. The van der Waals surface area contributed by atoms with E-state index in [9.17, 15) is 0 Å². The van der Waals surface area contributed by atoms with Crippen LogP contribution in [0, 0.1) is 20.8 Å². The van der Waals surface area contributed by atoms with E-state index >= 15 is 0 Å². The first kappa shape index (κ1) is 19.7. The van der Waals surface area contributed by atoms with E-state index in [1.807, 2.05) is 44.2 Å². The Balaban J connectivity index is 1.60. The highest BCUT2D eigenvalue weighted by atomic mass is 16.5. The third-order valence-electron chi connectivity index (χ3n) is 4.65. The Bertz CT molecular complexity index is 879. The molecule has 0 saturated heterocycles. The number of nitrogens with zero attached hydrogens (tertiary/aromatic N) is 2. The topological polar surface area (TPSA) is 62.5 Å². The molecule has 0 spiro atoms. The molecule has 0 amide bonds. The first-order valence-corrected chi connectivity index (χ1v) is 9.69. The van der Waals surface area contributed by atoms with Crippen LogP contribution in [-0.2, 0) is 13.0 Å². The van der Waals surface area contributed by atoms with Crippen LogP contribution in [0.3, 0.4) is 0 Å². The molecular formula is C23H28N4O. The van der Waals surface area contributed by atoms with Crippen LogP contribution in [-0.4, -0.2) is 17.7 Å². The lowest BCUT2D eigenvalue weighted by molar-refractivity contribution is 0.392. The van der Waals surface area contributed by atoms with Crippen molar-refractivity contribution in [1.29, 1.82) is 0 Å². The lowest BCUT2D eigenvalue weighted by atomic mass is 10.1. The molecule has 0 saturated carbocycles. The quantitative estimate of drug-likeness (QED) is 0.353. The predicted molar refractivity (Wildman–Crippen MR) is 115 cm³/mol. The molecule has 0 radical (unpaired) electrons. The van der Waals surface area contributed by atoms with Crippen molar-refractivity contribution >= 4 is 11.6 Å². The molecule has 0 atom stereocenters. The molecule has 2 N–H and O–H groups in total. The van der Waals surface area contributed by atoms with E-state index in [0.717, 1.165) is 42.5 Å². The van der Waals surface area contributed by atoms with Gasteiger partial charge in [-0.05, 0) is 51.3 Å². The van der Waals surface area contributed by atoms with Gasteiger partial charge < -0.3 is 15.2 Å². The van der Waals surface area contributed by atoms with E-state index in [4.69, 9.17) is 9.52 Å². The second kappa shape index (κ2) is 9.74. The Morgan fingerprint density at radius 3 is 2.43 bits per heavy atom. The molecule has 2 aromatic carbocycles.